The van der Waals surface area contributed by atoms with Crippen LogP contribution in [0, 0.1) is 5.82 Å². The lowest BCUT2D eigenvalue weighted by molar-refractivity contribution is -0.124. The number of nitrogens with zero attached hydrogens (tertiary/aromatic N) is 1. The smallest absolute Gasteiger partial charge is 0.287 e. The van der Waals surface area contributed by atoms with Crippen molar-refractivity contribution in [2.24, 2.45) is 0 Å². The zero-order chi connectivity index (χ0) is 22.7. The zero-order valence-corrected chi connectivity index (χ0v) is 18.5. The van der Waals surface area contributed by atoms with Gasteiger partial charge >= 0.3 is 0 Å². The summed E-state index contributed by atoms with van der Waals surface area (Å²) in [5.41, 5.74) is 1.38. The van der Waals surface area contributed by atoms with Gasteiger partial charge in [-0.3, -0.25) is 9.59 Å². The Balaban J connectivity index is 1.21. The molecule has 7 nitrogen and oxygen atoms in total. The molecular weight excluding hydrogens is 458 g/mol. The van der Waals surface area contributed by atoms with E-state index in [9.17, 15) is 14.0 Å². The molecule has 4 rings (SSSR count). The molecule has 1 fully saturated rings. The number of hydrogen-bond donors (Lipinski definition) is 3. The van der Waals surface area contributed by atoms with E-state index in [-0.39, 0.29) is 47.1 Å². The Hall–Kier alpha value is -2.84. The van der Waals surface area contributed by atoms with Gasteiger partial charge in [0, 0.05) is 23.2 Å². The summed E-state index contributed by atoms with van der Waals surface area (Å²) < 4.78 is 18.7. The van der Waals surface area contributed by atoms with Crippen LogP contribution in [-0.4, -0.2) is 40.5 Å². The summed E-state index contributed by atoms with van der Waals surface area (Å²) in [5.74, 6) is -0.673. The van der Waals surface area contributed by atoms with Crippen molar-refractivity contribution < 1.29 is 18.7 Å². The Kier molecular flexibility index (Phi) is 6.81. The number of halogens is 3. The monoisotopic (exact) mass is 478 g/mol. The van der Waals surface area contributed by atoms with Gasteiger partial charge in [-0.1, -0.05) is 23.2 Å². The maximum absolute atomic E-state index is 13.4. The van der Waals surface area contributed by atoms with Crippen molar-refractivity contribution in [1.82, 2.24) is 20.6 Å². The minimum atomic E-state index is -0.601. The normalized spacial score (nSPS) is 18.3. The minimum Gasteiger partial charge on any atom is -0.484 e. The van der Waals surface area contributed by atoms with Crippen molar-refractivity contribution in [3.8, 4) is 5.75 Å². The van der Waals surface area contributed by atoms with Crippen molar-refractivity contribution >= 4 is 46.0 Å². The van der Waals surface area contributed by atoms with Crippen LogP contribution in [0.1, 0.15) is 36.3 Å². The third-order valence-corrected chi connectivity index (χ3v) is 5.89. The van der Waals surface area contributed by atoms with E-state index in [0.29, 0.717) is 16.1 Å². The molecule has 2 aromatic carbocycles. The fourth-order valence-corrected chi connectivity index (χ4v) is 4.00. The second-order valence-electron chi connectivity index (χ2n) is 7.70. The number of carbonyl (C=O) groups is 2. The molecule has 3 aromatic rings. The highest BCUT2D eigenvalue weighted by atomic mass is 35.5. The molecule has 0 unspecified atom stereocenters. The van der Waals surface area contributed by atoms with E-state index in [0.717, 1.165) is 31.7 Å². The molecule has 1 aliphatic carbocycles. The standard InChI is InChI=1S/C22H21Cl2FN4O3/c23-12-1-8-18-19(9-12)29-21(28-18)22(31)27-14-4-2-13(3-5-14)26-20(30)11-32-15-6-7-16(24)17(25)10-15/h1,6-10,13-14H,2-5,11H2,(H,26,30)(H,27,31)(H,28,29). The number of nitrogens with one attached hydrogen (secondary N) is 3. The van der Waals surface area contributed by atoms with Crippen LogP contribution in [0.3, 0.4) is 0 Å². The molecule has 1 heterocycles. The minimum absolute atomic E-state index is 0.000690. The number of aromatic amines is 1. The summed E-state index contributed by atoms with van der Waals surface area (Å²) in [6.07, 6.45) is 2.90. The van der Waals surface area contributed by atoms with E-state index in [1.165, 1.54) is 12.1 Å². The van der Waals surface area contributed by atoms with Gasteiger partial charge in [-0.25, -0.2) is 9.37 Å². The maximum Gasteiger partial charge on any atom is 0.287 e. The quantitative estimate of drug-likeness (QED) is 0.493. The second-order valence-corrected chi connectivity index (χ2v) is 8.54. The number of hydrogen-bond acceptors (Lipinski definition) is 4. The van der Waals surface area contributed by atoms with Crippen molar-refractivity contribution in [1.29, 1.82) is 0 Å². The largest absolute Gasteiger partial charge is 0.484 e. The Morgan fingerprint density at radius 2 is 1.78 bits per heavy atom. The van der Waals surface area contributed by atoms with Gasteiger partial charge < -0.3 is 20.4 Å². The first-order valence-corrected chi connectivity index (χ1v) is 11.0. The highest BCUT2D eigenvalue weighted by molar-refractivity contribution is 6.31. The van der Waals surface area contributed by atoms with E-state index >= 15 is 0 Å². The van der Waals surface area contributed by atoms with Gasteiger partial charge in [-0.05, 0) is 56.0 Å². The van der Waals surface area contributed by atoms with Crippen LogP contribution in [0.25, 0.3) is 11.0 Å². The zero-order valence-electron chi connectivity index (χ0n) is 17.0. The molecule has 3 N–H and O–H groups in total. The lowest BCUT2D eigenvalue weighted by Crippen LogP contribution is -2.45. The molecule has 0 saturated heterocycles. The Bertz CT molecular complexity index is 1150. The third-order valence-electron chi connectivity index (χ3n) is 5.35. The van der Waals surface area contributed by atoms with Gasteiger partial charge in [0.2, 0.25) is 0 Å². The first-order chi connectivity index (χ1) is 15.4. The van der Waals surface area contributed by atoms with Gasteiger partial charge in [0.1, 0.15) is 11.6 Å². The predicted molar refractivity (Wildman–Crippen MR) is 120 cm³/mol. The van der Waals surface area contributed by atoms with Gasteiger partial charge in [0.15, 0.2) is 12.4 Å². The molecular formula is C22H21Cl2FN4O3. The summed E-state index contributed by atoms with van der Waals surface area (Å²) in [7, 11) is 0. The number of amides is 2. The topological polar surface area (TPSA) is 96.1 Å². The fraction of sp³-hybridized carbons (Fsp3) is 0.318. The van der Waals surface area contributed by atoms with Crippen molar-refractivity contribution in [3.05, 3.63) is 58.1 Å². The number of benzene rings is 2. The highest BCUT2D eigenvalue weighted by Crippen LogP contribution is 2.22. The van der Waals surface area contributed by atoms with E-state index in [1.54, 1.807) is 18.2 Å². The van der Waals surface area contributed by atoms with E-state index in [4.69, 9.17) is 27.9 Å². The molecule has 0 radical (unpaired) electrons. The summed E-state index contributed by atoms with van der Waals surface area (Å²) in [4.78, 5) is 32.0. The second kappa shape index (κ2) is 9.75. The first-order valence-electron chi connectivity index (χ1n) is 10.2. The first kappa shape index (κ1) is 22.4. The number of ether oxygens (including phenoxy) is 1. The summed E-state index contributed by atoms with van der Waals surface area (Å²) in [5, 5.41) is 6.47. The van der Waals surface area contributed by atoms with Gasteiger partial charge in [-0.15, -0.1) is 0 Å². The van der Waals surface area contributed by atoms with Crippen LogP contribution in [0.4, 0.5) is 4.39 Å². The number of rotatable bonds is 6. The molecule has 168 valence electrons. The Morgan fingerprint density at radius 3 is 2.50 bits per heavy atom. The van der Waals surface area contributed by atoms with Crippen LogP contribution in [0.2, 0.25) is 10.0 Å². The molecule has 0 bridgehead atoms. The molecule has 1 aliphatic rings. The summed E-state index contributed by atoms with van der Waals surface area (Å²) in [6.45, 7) is -0.214. The van der Waals surface area contributed by atoms with Gasteiger partial charge in [-0.2, -0.15) is 0 Å². The average molecular weight is 479 g/mol. The molecule has 0 aliphatic heterocycles. The molecule has 32 heavy (non-hydrogen) atoms. The van der Waals surface area contributed by atoms with Crippen molar-refractivity contribution in [2.45, 2.75) is 37.8 Å². The molecule has 0 atom stereocenters. The van der Waals surface area contributed by atoms with Crippen LogP contribution < -0.4 is 15.4 Å². The maximum atomic E-state index is 13.4. The molecule has 10 heteroatoms. The predicted octanol–water partition coefficient (Wildman–Crippen LogP) is 4.25. The van der Waals surface area contributed by atoms with E-state index in [1.807, 2.05) is 0 Å². The number of imidazole rings is 1. The highest BCUT2D eigenvalue weighted by Gasteiger charge is 2.25. The number of aromatic nitrogens is 2. The third kappa shape index (κ3) is 5.49. The fourth-order valence-electron chi connectivity index (χ4n) is 3.71. The lowest BCUT2D eigenvalue weighted by atomic mass is 9.91. The van der Waals surface area contributed by atoms with Gasteiger partial charge in [0.25, 0.3) is 11.8 Å². The molecule has 2 amide bonds. The molecule has 1 aromatic heterocycles. The van der Waals surface area contributed by atoms with Crippen molar-refractivity contribution in [3.63, 3.8) is 0 Å². The van der Waals surface area contributed by atoms with Crippen LogP contribution in [0.15, 0.2) is 36.4 Å². The Labute approximate surface area is 193 Å². The summed E-state index contributed by atoms with van der Waals surface area (Å²) >= 11 is 11.6. The van der Waals surface area contributed by atoms with Crippen LogP contribution >= 0.6 is 23.2 Å². The SMILES string of the molecule is O=C(COc1ccc(Cl)c(F)c1)NC1CCC(NC(=O)c2nc3ccc(Cl)cc3[nH]2)CC1. The average Bonchev–Trinajstić information content (AvgIpc) is 3.19. The molecule has 1 saturated carbocycles. The number of carbonyl (C=O) groups excluding carboxylic acids is 2. The summed E-state index contributed by atoms with van der Waals surface area (Å²) in [6, 6.07) is 9.22. The van der Waals surface area contributed by atoms with Crippen LogP contribution in [0.5, 0.6) is 5.75 Å². The van der Waals surface area contributed by atoms with E-state index < -0.39 is 5.82 Å². The van der Waals surface area contributed by atoms with E-state index in [2.05, 4.69) is 20.6 Å². The van der Waals surface area contributed by atoms with Gasteiger partial charge in [0.05, 0.1) is 16.1 Å². The molecule has 0 spiro atoms. The lowest BCUT2D eigenvalue weighted by Gasteiger charge is -2.29. The van der Waals surface area contributed by atoms with Crippen molar-refractivity contribution in [2.75, 3.05) is 6.61 Å². The van der Waals surface area contributed by atoms with Crippen LogP contribution in [-0.2, 0) is 4.79 Å². The Morgan fingerprint density at radius 1 is 1.06 bits per heavy atom. The number of H-pyrrole nitrogens is 1. The number of fused-ring (bicyclic) bond motifs is 1.